The Morgan fingerprint density at radius 3 is 2.38 bits per heavy atom. The second-order valence-electron chi connectivity index (χ2n) is 5.44. The predicted octanol–water partition coefficient (Wildman–Crippen LogP) is 1.12. The van der Waals surface area contributed by atoms with E-state index in [1.807, 2.05) is 41.8 Å². The lowest BCUT2D eigenvalue weighted by atomic mass is 10.1. The number of ether oxygens (including phenoxy) is 1. The standard InChI is InChI=1S/C12H26N2O2/c1-10(9-13-7-8-14(5)6)11(15)16-12(2,3)4/h10,13H,7-9H2,1-6H3. The Hall–Kier alpha value is -0.610. The number of carbonyl (C=O) groups excluding carboxylic acids is 1. The molecule has 4 nitrogen and oxygen atoms in total. The smallest absolute Gasteiger partial charge is 0.310 e. The van der Waals surface area contributed by atoms with E-state index in [0.29, 0.717) is 6.54 Å². The number of hydrogen-bond donors (Lipinski definition) is 1. The first-order chi connectivity index (χ1) is 7.22. The minimum Gasteiger partial charge on any atom is -0.460 e. The van der Waals surface area contributed by atoms with Crippen LogP contribution in [0.1, 0.15) is 27.7 Å². The van der Waals surface area contributed by atoms with Crippen molar-refractivity contribution in [3.05, 3.63) is 0 Å². The molecule has 1 unspecified atom stereocenters. The molecule has 96 valence electrons. The number of carbonyl (C=O) groups is 1. The van der Waals surface area contributed by atoms with Crippen LogP contribution in [0.4, 0.5) is 0 Å². The van der Waals surface area contributed by atoms with Gasteiger partial charge in [0.05, 0.1) is 5.92 Å². The highest BCUT2D eigenvalue weighted by Gasteiger charge is 2.21. The van der Waals surface area contributed by atoms with Crippen molar-refractivity contribution in [2.75, 3.05) is 33.7 Å². The minimum atomic E-state index is -0.394. The molecule has 16 heavy (non-hydrogen) atoms. The third-order valence-corrected chi connectivity index (χ3v) is 2.00. The van der Waals surface area contributed by atoms with Crippen molar-refractivity contribution in [2.45, 2.75) is 33.3 Å². The molecule has 0 aliphatic heterocycles. The van der Waals surface area contributed by atoms with Gasteiger partial charge in [-0.2, -0.15) is 0 Å². The van der Waals surface area contributed by atoms with Crippen molar-refractivity contribution < 1.29 is 9.53 Å². The van der Waals surface area contributed by atoms with Crippen LogP contribution in [-0.2, 0) is 9.53 Å². The fourth-order valence-corrected chi connectivity index (χ4v) is 1.11. The van der Waals surface area contributed by atoms with E-state index in [1.54, 1.807) is 0 Å². The number of nitrogens with one attached hydrogen (secondary N) is 1. The average molecular weight is 230 g/mol. The highest BCUT2D eigenvalue weighted by molar-refractivity contribution is 5.72. The molecule has 0 amide bonds. The molecule has 1 N–H and O–H groups in total. The Balaban J connectivity index is 3.72. The first-order valence-corrected chi connectivity index (χ1v) is 5.80. The molecule has 0 bridgehead atoms. The lowest BCUT2D eigenvalue weighted by Crippen LogP contribution is -2.35. The van der Waals surface area contributed by atoms with Gasteiger partial charge in [0.2, 0.25) is 0 Å². The monoisotopic (exact) mass is 230 g/mol. The van der Waals surface area contributed by atoms with E-state index < -0.39 is 5.60 Å². The minimum absolute atomic E-state index is 0.0959. The van der Waals surface area contributed by atoms with Crippen molar-refractivity contribution in [1.82, 2.24) is 10.2 Å². The van der Waals surface area contributed by atoms with Crippen molar-refractivity contribution in [3.8, 4) is 0 Å². The van der Waals surface area contributed by atoms with E-state index in [9.17, 15) is 4.79 Å². The number of rotatable bonds is 6. The Morgan fingerprint density at radius 1 is 1.38 bits per heavy atom. The molecule has 0 saturated heterocycles. The molecule has 0 aromatic heterocycles. The Bertz CT molecular complexity index is 210. The Labute approximate surface area is 99.3 Å². The van der Waals surface area contributed by atoms with Crippen LogP contribution in [0.25, 0.3) is 0 Å². The first kappa shape index (κ1) is 15.4. The predicted molar refractivity (Wildman–Crippen MR) is 66.4 cm³/mol. The van der Waals surface area contributed by atoms with Crippen LogP contribution in [0.5, 0.6) is 0 Å². The molecular formula is C12H26N2O2. The summed E-state index contributed by atoms with van der Waals surface area (Å²) in [5, 5.41) is 3.24. The molecule has 0 aliphatic carbocycles. The van der Waals surface area contributed by atoms with Crippen LogP contribution in [0.2, 0.25) is 0 Å². The van der Waals surface area contributed by atoms with Crippen LogP contribution in [0.15, 0.2) is 0 Å². The molecule has 0 saturated carbocycles. The molecule has 0 aromatic rings. The van der Waals surface area contributed by atoms with Crippen LogP contribution in [-0.4, -0.2) is 50.2 Å². The summed E-state index contributed by atoms with van der Waals surface area (Å²) in [7, 11) is 4.05. The lowest BCUT2D eigenvalue weighted by Gasteiger charge is -2.22. The maximum absolute atomic E-state index is 11.6. The lowest BCUT2D eigenvalue weighted by molar-refractivity contribution is -0.159. The van der Waals surface area contributed by atoms with Gasteiger partial charge in [-0.3, -0.25) is 4.79 Å². The van der Waals surface area contributed by atoms with Crippen LogP contribution in [0.3, 0.4) is 0 Å². The van der Waals surface area contributed by atoms with Crippen LogP contribution in [0, 0.1) is 5.92 Å². The van der Waals surface area contributed by atoms with Gasteiger partial charge in [-0.1, -0.05) is 6.92 Å². The van der Waals surface area contributed by atoms with Gasteiger partial charge in [-0.05, 0) is 34.9 Å². The second kappa shape index (κ2) is 6.86. The average Bonchev–Trinajstić information content (AvgIpc) is 2.08. The summed E-state index contributed by atoms with van der Waals surface area (Å²) in [6, 6.07) is 0. The van der Waals surface area contributed by atoms with E-state index in [2.05, 4.69) is 10.2 Å². The third-order valence-electron chi connectivity index (χ3n) is 2.00. The summed E-state index contributed by atoms with van der Waals surface area (Å²) in [4.78, 5) is 13.7. The van der Waals surface area contributed by atoms with Crippen LogP contribution >= 0.6 is 0 Å². The van der Waals surface area contributed by atoms with E-state index in [4.69, 9.17) is 4.74 Å². The topological polar surface area (TPSA) is 41.6 Å². The normalized spacial score (nSPS) is 13.9. The van der Waals surface area contributed by atoms with E-state index in [-0.39, 0.29) is 11.9 Å². The number of hydrogen-bond acceptors (Lipinski definition) is 4. The van der Waals surface area contributed by atoms with Gasteiger partial charge in [-0.25, -0.2) is 0 Å². The van der Waals surface area contributed by atoms with E-state index in [1.165, 1.54) is 0 Å². The van der Waals surface area contributed by atoms with Crippen molar-refractivity contribution in [1.29, 1.82) is 0 Å². The maximum atomic E-state index is 11.6. The van der Waals surface area contributed by atoms with Gasteiger partial charge in [-0.15, -0.1) is 0 Å². The van der Waals surface area contributed by atoms with Crippen LogP contribution < -0.4 is 5.32 Å². The fourth-order valence-electron chi connectivity index (χ4n) is 1.11. The zero-order valence-corrected chi connectivity index (χ0v) is 11.5. The van der Waals surface area contributed by atoms with Gasteiger partial charge in [0.1, 0.15) is 5.60 Å². The molecule has 0 fully saturated rings. The molecule has 4 heteroatoms. The first-order valence-electron chi connectivity index (χ1n) is 5.80. The number of nitrogens with zero attached hydrogens (tertiary/aromatic N) is 1. The van der Waals surface area contributed by atoms with Crippen molar-refractivity contribution >= 4 is 5.97 Å². The molecule has 1 atom stereocenters. The fraction of sp³-hybridized carbons (Fsp3) is 0.917. The molecule has 0 heterocycles. The van der Waals surface area contributed by atoms with E-state index >= 15 is 0 Å². The van der Waals surface area contributed by atoms with Crippen molar-refractivity contribution in [2.24, 2.45) is 5.92 Å². The Morgan fingerprint density at radius 2 is 1.94 bits per heavy atom. The Kier molecular flexibility index (Phi) is 6.60. The molecule has 0 radical (unpaired) electrons. The molecular weight excluding hydrogens is 204 g/mol. The molecule has 0 aliphatic rings. The van der Waals surface area contributed by atoms with Gasteiger partial charge >= 0.3 is 5.97 Å². The molecule has 0 rings (SSSR count). The third kappa shape index (κ3) is 8.68. The summed E-state index contributed by atoms with van der Waals surface area (Å²) >= 11 is 0. The summed E-state index contributed by atoms with van der Waals surface area (Å²) in [5.41, 5.74) is -0.394. The van der Waals surface area contributed by atoms with Gasteiger partial charge in [0.15, 0.2) is 0 Å². The van der Waals surface area contributed by atoms with Gasteiger partial charge in [0, 0.05) is 19.6 Å². The SMILES string of the molecule is CC(CNCCN(C)C)C(=O)OC(C)(C)C. The quantitative estimate of drug-likeness (QED) is 0.548. The summed E-state index contributed by atoms with van der Waals surface area (Å²) in [5.74, 6) is -0.230. The highest BCUT2D eigenvalue weighted by atomic mass is 16.6. The zero-order chi connectivity index (χ0) is 12.8. The maximum Gasteiger partial charge on any atom is 0.310 e. The summed E-state index contributed by atoms with van der Waals surface area (Å²) < 4.78 is 5.29. The van der Waals surface area contributed by atoms with Gasteiger partial charge in [0.25, 0.3) is 0 Å². The van der Waals surface area contributed by atoms with Gasteiger partial charge < -0.3 is 15.0 Å². The molecule has 0 aromatic carbocycles. The summed E-state index contributed by atoms with van der Waals surface area (Å²) in [6.07, 6.45) is 0. The number of esters is 1. The molecule has 0 spiro atoms. The second-order valence-corrected chi connectivity index (χ2v) is 5.44. The number of likely N-dealkylation sites (N-methyl/N-ethyl adjacent to an activating group) is 1. The summed E-state index contributed by atoms with van der Waals surface area (Å²) in [6.45, 7) is 10.1. The van der Waals surface area contributed by atoms with E-state index in [0.717, 1.165) is 13.1 Å². The largest absolute Gasteiger partial charge is 0.460 e. The van der Waals surface area contributed by atoms with Crippen molar-refractivity contribution in [3.63, 3.8) is 0 Å². The highest BCUT2D eigenvalue weighted by Crippen LogP contribution is 2.10. The zero-order valence-electron chi connectivity index (χ0n) is 11.5.